The lowest BCUT2D eigenvalue weighted by atomic mass is 10.2. The van der Waals surface area contributed by atoms with Gasteiger partial charge in [0.1, 0.15) is 0 Å². The van der Waals surface area contributed by atoms with Crippen molar-refractivity contribution in [2.75, 3.05) is 0 Å². The lowest BCUT2D eigenvalue weighted by Crippen LogP contribution is -2.23. The van der Waals surface area contributed by atoms with E-state index < -0.39 is 0 Å². The molecule has 2 aromatic heterocycles. The molecule has 0 spiro atoms. The van der Waals surface area contributed by atoms with Crippen molar-refractivity contribution in [1.29, 1.82) is 0 Å². The number of nitrogens with zero attached hydrogens (tertiary/aromatic N) is 2. The fourth-order valence-electron chi connectivity index (χ4n) is 1.31. The van der Waals surface area contributed by atoms with Gasteiger partial charge >= 0.3 is 0 Å². The van der Waals surface area contributed by atoms with Gasteiger partial charge in [-0.3, -0.25) is 14.8 Å². The van der Waals surface area contributed by atoms with Crippen molar-refractivity contribution in [3.8, 4) is 0 Å². The third kappa shape index (κ3) is 4.09. The summed E-state index contributed by atoms with van der Waals surface area (Å²) in [5.74, 6) is -0.163. The van der Waals surface area contributed by atoms with E-state index in [-0.39, 0.29) is 18.3 Å². The first-order valence-corrected chi connectivity index (χ1v) is 5.83. The van der Waals surface area contributed by atoms with Gasteiger partial charge in [0, 0.05) is 23.1 Å². The Bertz CT molecular complexity index is 522. The summed E-state index contributed by atoms with van der Waals surface area (Å²) in [6, 6.07) is 7.30. The van der Waals surface area contributed by atoms with E-state index in [9.17, 15) is 4.79 Å². The van der Waals surface area contributed by atoms with Gasteiger partial charge in [-0.25, -0.2) is 0 Å². The Kier molecular flexibility index (Phi) is 5.74. The Labute approximate surface area is 119 Å². The second kappa shape index (κ2) is 7.08. The summed E-state index contributed by atoms with van der Waals surface area (Å²) in [6.45, 7) is 0.409. The SMILES string of the molecule is Cl.O=C(NCc1ccccn1)c1cncc(Br)c1. The molecule has 1 amide bonds. The van der Waals surface area contributed by atoms with Crippen molar-refractivity contribution in [2.45, 2.75) is 6.54 Å². The van der Waals surface area contributed by atoms with Crippen LogP contribution in [0.25, 0.3) is 0 Å². The number of aromatic nitrogens is 2. The van der Waals surface area contributed by atoms with Gasteiger partial charge in [0.15, 0.2) is 0 Å². The second-order valence-electron chi connectivity index (χ2n) is 3.40. The van der Waals surface area contributed by atoms with Crippen molar-refractivity contribution < 1.29 is 4.79 Å². The monoisotopic (exact) mass is 327 g/mol. The Morgan fingerprint density at radius 2 is 2.17 bits per heavy atom. The third-order valence-corrected chi connectivity index (χ3v) is 2.56. The van der Waals surface area contributed by atoms with Crippen LogP contribution >= 0.6 is 28.3 Å². The molecule has 18 heavy (non-hydrogen) atoms. The number of amides is 1. The van der Waals surface area contributed by atoms with Crippen LogP contribution in [0.2, 0.25) is 0 Å². The van der Waals surface area contributed by atoms with Crippen molar-refractivity contribution >= 4 is 34.2 Å². The molecule has 0 bridgehead atoms. The van der Waals surface area contributed by atoms with Crippen LogP contribution in [0.4, 0.5) is 0 Å². The highest BCUT2D eigenvalue weighted by Gasteiger charge is 2.06. The summed E-state index contributed by atoms with van der Waals surface area (Å²) in [6.07, 6.45) is 4.86. The highest BCUT2D eigenvalue weighted by molar-refractivity contribution is 9.10. The second-order valence-corrected chi connectivity index (χ2v) is 4.31. The average molecular weight is 329 g/mol. The Balaban J connectivity index is 0.00000162. The molecule has 2 rings (SSSR count). The molecule has 0 atom stereocenters. The quantitative estimate of drug-likeness (QED) is 0.942. The van der Waals surface area contributed by atoms with Crippen LogP contribution in [0, 0.1) is 0 Å². The Morgan fingerprint density at radius 1 is 1.33 bits per heavy atom. The molecule has 0 saturated heterocycles. The predicted octanol–water partition coefficient (Wildman–Crippen LogP) is 2.59. The molecular formula is C12H11BrClN3O. The predicted molar refractivity (Wildman–Crippen MR) is 74.6 cm³/mol. The summed E-state index contributed by atoms with van der Waals surface area (Å²) in [7, 11) is 0. The van der Waals surface area contributed by atoms with Crippen molar-refractivity contribution in [3.63, 3.8) is 0 Å². The van der Waals surface area contributed by atoms with E-state index in [1.807, 2.05) is 18.2 Å². The molecule has 4 nitrogen and oxygen atoms in total. The molecule has 0 aliphatic rings. The number of rotatable bonds is 3. The number of pyridine rings is 2. The molecular weight excluding hydrogens is 318 g/mol. The minimum absolute atomic E-state index is 0. The van der Waals surface area contributed by atoms with Gasteiger partial charge in [0.05, 0.1) is 17.8 Å². The zero-order chi connectivity index (χ0) is 12.1. The molecule has 0 fully saturated rings. The molecule has 94 valence electrons. The number of carbonyl (C=O) groups is 1. The third-order valence-electron chi connectivity index (χ3n) is 2.12. The first-order valence-electron chi connectivity index (χ1n) is 5.04. The van der Waals surface area contributed by atoms with Crippen molar-refractivity contribution in [2.24, 2.45) is 0 Å². The summed E-state index contributed by atoms with van der Waals surface area (Å²) in [5, 5.41) is 2.78. The van der Waals surface area contributed by atoms with E-state index in [0.29, 0.717) is 12.1 Å². The van der Waals surface area contributed by atoms with E-state index >= 15 is 0 Å². The van der Waals surface area contributed by atoms with Crippen LogP contribution in [-0.4, -0.2) is 15.9 Å². The first kappa shape index (κ1) is 14.6. The molecule has 0 saturated carbocycles. The maximum atomic E-state index is 11.8. The van der Waals surface area contributed by atoms with Gasteiger partial charge in [-0.05, 0) is 34.1 Å². The number of carbonyl (C=O) groups excluding carboxylic acids is 1. The number of hydrogen-bond donors (Lipinski definition) is 1. The zero-order valence-corrected chi connectivity index (χ0v) is 11.7. The van der Waals surface area contributed by atoms with E-state index in [4.69, 9.17) is 0 Å². The topological polar surface area (TPSA) is 54.9 Å². The first-order chi connectivity index (χ1) is 8.25. The molecule has 0 aliphatic heterocycles. The number of nitrogens with one attached hydrogen (secondary N) is 1. The van der Waals surface area contributed by atoms with Gasteiger partial charge in [0.2, 0.25) is 0 Å². The molecule has 1 N–H and O–H groups in total. The van der Waals surface area contributed by atoms with Gasteiger partial charge < -0.3 is 5.32 Å². The molecule has 0 radical (unpaired) electrons. The zero-order valence-electron chi connectivity index (χ0n) is 9.34. The summed E-state index contributed by atoms with van der Waals surface area (Å²) in [4.78, 5) is 19.8. The normalized spacial score (nSPS) is 9.39. The standard InChI is InChI=1S/C12H10BrN3O.ClH/c13-10-5-9(6-14-7-10)12(17)16-8-11-3-1-2-4-15-11;/h1-7H,8H2,(H,16,17);1H. The molecule has 2 heterocycles. The summed E-state index contributed by atoms with van der Waals surface area (Å²) >= 11 is 3.27. The Morgan fingerprint density at radius 3 is 2.83 bits per heavy atom. The summed E-state index contributed by atoms with van der Waals surface area (Å²) in [5.41, 5.74) is 1.35. The lowest BCUT2D eigenvalue weighted by Gasteiger charge is -2.04. The van der Waals surface area contributed by atoms with E-state index in [1.54, 1.807) is 18.5 Å². The summed E-state index contributed by atoms with van der Waals surface area (Å²) < 4.78 is 0.781. The highest BCUT2D eigenvalue weighted by atomic mass is 79.9. The van der Waals surface area contributed by atoms with Crippen LogP contribution in [0.1, 0.15) is 16.1 Å². The fraction of sp³-hybridized carbons (Fsp3) is 0.0833. The lowest BCUT2D eigenvalue weighted by molar-refractivity contribution is 0.0950. The molecule has 0 aromatic carbocycles. The van der Waals surface area contributed by atoms with E-state index in [1.165, 1.54) is 6.20 Å². The molecule has 0 aliphatic carbocycles. The number of hydrogen-bond acceptors (Lipinski definition) is 3. The molecule has 6 heteroatoms. The number of halogens is 2. The van der Waals surface area contributed by atoms with Crippen LogP contribution in [0.3, 0.4) is 0 Å². The van der Waals surface area contributed by atoms with Gasteiger partial charge in [-0.1, -0.05) is 6.07 Å². The maximum Gasteiger partial charge on any atom is 0.253 e. The van der Waals surface area contributed by atoms with Gasteiger partial charge in [0.25, 0.3) is 5.91 Å². The van der Waals surface area contributed by atoms with E-state index in [2.05, 4.69) is 31.2 Å². The van der Waals surface area contributed by atoms with Crippen molar-refractivity contribution in [3.05, 3.63) is 58.6 Å². The van der Waals surface area contributed by atoms with Crippen LogP contribution < -0.4 is 5.32 Å². The van der Waals surface area contributed by atoms with Crippen LogP contribution in [0.15, 0.2) is 47.3 Å². The minimum atomic E-state index is -0.163. The van der Waals surface area contributed by atoms with Crippen LogP contribution in [0.5, 0.6) is 0 Å². The van der Waals surface area contributed by atoms with Gasteiger partial charge in [-0.15, -0.1) is 12.4 Å². The van der Waals surface area contributed by atoms with Crippen LogP contribution in [-0.2, 0) is 6.54 Å². The Hall–Kier alpha value is -1.46. The molecule has 0 unspecified atom stereocenters. The van der Waals surface area contributed by atoms with E-state index in [0.717, 1.165) is 10.2 Å². The average Bonchev–Trinajstić information content (AvgIpc) is 2.37. The maximum absolute atomic E-state index is 11.8. The van der Waals surface area contributed by atoms with Crippen molar-refractivity contribution in [1.82, 2.24) is 15.3 Å². The highest BCUT2D eigenvalue weighted by Crippen LogP contribution is 2.09. The van der Waals surface area contributed by atoms with Gasteiger partial charge in [-0.2, -0.15) is 0 Å². The minimum Gasteiger partial charge on any atom is -0.346 e. The largest absolute Gasteiger partial charge is 0.346 e. The fourth-order valence-corrected chi connectivity index (χ4v) is 1.68. The molecule has 2 aromatic rings. The smallest absolute Gasteiger partial charge is 0.253 e.